The number of carbonyl (C=O) groups excluding carboxylic acids is 1. The molecule has 2 aromatic carbocycles. The first kappa shape index (κ1) is 18.2. The van der Waals surface area contributed by atoms with E-state index in [2.05, 4.69) is 5.32 Å². The normalized spacial score (nSPS) is 10.6. The summed E-state index contributed by atoms with van der Waals surface area (Å²) in [7, 11) is 0. The van der Waals surface area contributed by atoms with Gasteiger partial charge in [0.25, 0.3) is 5.69 Å². The molecule has 0 saturated heterocycles. The molecule has 130 valence electrons. The molecule has 25 heavy (non-hydrogen) atoms. The lowest BCUT2D eigenvalue weighted by Crippen LogP contribution is -2.24. The minimum atomic E-state index is -0.487. The molecular formula is C19H20N2O4. The van der Waals surface area contributed by atoms with Crippen molar-refractivity contribution in [2.24, 2.45) is 0 Å². The molecule has 0 fully saturated rings. The Hall–Kier alpha value is -3.15. The number of nitrogens with zero attached hydrogens (tertiary/aromatic N) is 1. The minimum Gasteiger partial charge on any atom is -0.445 e. The van der Waals surface area contributed by atoms with Gasteiger partial charge in [0, 0.05) is 12.6 Å². The summed E-state index contributed by atoms with van der Waals surface area (Å²) in [6.07, 6.45) is 3.57. The van der Waals surface area contributed by atoms with Gasteiger partial charge in [0.05, 0.1) is 10.5 Å². The van der Waals surface area contributed by atoms with Gasteiger partial charge in [0.15, 0.2) is 0 Å². The van der Waals surface area contributed by atoms with Crippen LogP contribution in [-0.2, 0) is 11.3 Å². The van der Waals surface area contributed by atoms with Crippen LogP contribution in [0.15, 0.2) is 54.6 Å². The molecule has 0 aliphatic heterocycles. The highest BCUT2D eigenvalue weighted by Crippen LogP contribution is 2.23. The van der Waals surface area contributed by atoms with Crippen molar-refractivity contribution in [3.63, 3.8) is 0 Å². The van der Waals surface area contributed by atoms with Crippen LogP contribution < -0.4 is 5.32 Å². The molecule has 0 atom stereocenters. The summed E-state index contributed by atoms with van der Waals surface area (Å²) in [6, 6.07) is 14.4. The predicted molar refractivity (Wildman–Crippen MR) is 96.1 cm³/mol. The molecule has 0 bridgehead atoms. The topological polar surface area (TPSA) is 81.5 Å². The van der Waals surface area contributed by atoms with Crippen molar-refractivity contribution in [1.29, 1.82) is 0 Å². The standard InChI is InChI=1S/C19H20N2O4/c1-15-8-7-12-18(21(23)24)17(15)11-5-6-13-20-19(22)25-14-16-9-3-2-4-10-16/h2-5,7-12H,6,13-14H2,1H3,(H,20,22). The summed E-state index contributed by atoms with van der Waals surface area (Å²) < 4.78 is 5.10. The Morgan fingerprint density at radius 2 is 1.96 bits per heavy atom. The van der Waals surface area contributed by atoms with Crippen molar-refractivity contribution in [3.8, 4) is 0 Å². The Morgan fingerprint density at radius 3 is 2.68 bits per heavy atom. The van der Waals surface area contributed by atoms with E-state index < -0.39 is 11.0 Å². The van der Waals surface area contributed by atoms with Gasteiger partial charge in [-0.1, -0.05) is 54.6 Å². The maximum atomic E-state index is 11.6. The number of nitrogens with one attached hydrogen (secondary N) is 1. The van der Waals surface area contributed by atoms with Crippen LogP contribution in [0.4, 0.5) is 10.5 Å². The number of aryl methyl sites for hydroxylation is 1. The van der Waals surface area contributed by atoms with E-state index in [1.165, 1.54) is 6.07 Å². The Bertz CT molecular complexity index is 757. The number of nitro benzene ring substituents is 1. The van der Waals surface area contributed by atoms with Crippen molar-refractivity contribution in [2.75, 3.05) is 6.54 Å². The highest BCUT2D eigenvalue weighted by atomic mass is 16.6. The van der Waals surface area contributed by atoms with Crippen LogP contribution in [-0.4, -0.2) is 17.6 Å². The first-order chi connectivity index (χ1) is 12.1. The molecule has 2 aromatic rings. The lowest BCUT2D eigenvalue weighted by atomic mass is 10.1. The van der Waals surface area contributed by atoms with Gasteiger partial charge in [-0.15, -0.1) is 0 Å². The molecule has 1 N–H and O–H groups in total. The van der Waals surface area contributed by atoms with Crippen molar-refractivity contribution >= 4 is 17.9 Å². The Balaban J connectivity index is 1.77. The molecule has 0 aliphatic carbocycles. The maximum absolute atomic E-state index is 11.6. The number of amides is 1. The molecule has 6 heteroatoms. The van der Waals surface area contributed by atoms with E-state index in [-0.39, 0.29) is 12.3 Å². The van der Waals surface area contributed by atoms with Crippen molar-refractivity contribution in [3.05, 3.63) is 81.4 Å². The number of ether oxygens (including phenoxy) is 1. The molecule has 0 heterocycles. The number of carbonyl (C=O) groups is 1. The van der Waals surface area contributed by atoms with Gasteiger partial charge in [0.1, 0.15) is 6.61 Å². The van der Waals surface area contributed by atoms with Crippen LogP contribution in [0.2, 0.25) is 0 Å². The lowest BCUT2D eigenvalue weighted by molar-refractivity contribution is -0.385. The molecule has 1 amide bonds. The Kier molecular flexibility index (Phi) is 6.71. The first-order valence-electron chi connectivity index (χ1n) is 7.93. The summed E-state index contributed by atoms with van der Waals surface area (Å²) in [5.41, 5.74) is 2.41. The van der Waals surface area contributed by atoms with Crippen LogP contribution >= 0.6 is 0 Å². The zero-order chi connectivity index (χ0) is 18.1. The second-order valence-corrected chi connectivity index (χ2v) is 5.44. The molecule has 0 radical (unpaired) electrons. The second-order valence-electron chi connectivity index (χ2n) is 5.44. The van der Waals surface area contributed by atoms with Crippen molar-refractivity contribution < 1.29 is 14.5 Å². The van der Waals surface area contributed by atoms with Crippen LogP contribution in [0.3, 0.4) is 0 Å². The SMILES string of the molecule is Cc1cccc([N+](=O)[O-])c1C=CCCNC(=O)OCc1ccccc1. The van der Waals surface area contributed by atoms with Crippen LogP contribution in [0.1, 0.15) is 23.1 Å². The van der Waals surface area contributed by atoms with Gasteiger partial charge in [-0.05, 0) is 24.5 Å². The number of alkyl carbamates (subject to hydrolysis) is 1. The van der Waals surface area contributed by atoms with E-state index in [1.54, 1.807) is 18.2 Å². The molecule has 0 aromatic heterocycles. The van der Waals surface area contributed by atoms with E-state index in [1.807, 2.05) is 43.3 Å². The fourth-order valence-corrected chi connectivity index (χ4v) is 2.27. The molecule has 0 saturated carbocycles. The fourth-order valence-electron chi connectivity index (χ4n) is 2.27. The zero-order valence-electron chi connectivity index (χ0n) is 14.0. The van der Waals surface area contributed by atoms with Gasteiger partial charge in [0.2, 0.25) is 0 Å². The molecule has 0 aliphatic rings. The van der Waals surface area contributed by atoms with Gasteiger partial charge >= 0.3 is 6.09 Å². The van der Waals surface area contributed by atoms with Crippen molar-refractivity contribution in [2.45, 2.75) is 20.0 Å². The first-order valence-corrected chi connectivity index (χ1v) is 7.93. The summed E-state index contributed by atoms with van der Waals surface area (Å²) >= 11 is 0. The van der Waals surface area contributed by atoms with E-state index in [0.29, 0.717) is 18.5 Å². The van der Waals surface area contributed by atoms with Gasteiger partial charge in [-0.25, -0.2) is 4.79 Å². The summed E-state index contributed by atoms with van der Waals surface area (Å²) in [4.78, 5) is 22.2. The molecule has 0 spiro atoms. The van der Waals surface area contributed by atoms with Crippen LogP contribution in [0.25, 0.3) is 6.08 Å². The Labute approximate surface area is 146 Å². The Morgan fingerprint density at radius 1 is 1.20 bits per heavy atom. The van der Waals surface area contributed by atoms with E-state index >= 15 is 0 Å². The number of benzene rings is 2. The highest BCUT2D eigenvalue weighted by molar-refractivity contribution is 5.67. The third-order valence-corrected chi connectivity index (χ3v) is 3.58. The van der Waals surface area contributed by atoms with Gasteiger partial charge in [-0.3, -0.25) is 10.1 Å². The fraction of sp³-hybridized carbons (Fsp3) is 0.211. The quantitative estimate of drug-likeness (QED) is 0.464. The average Bonchev–Trinajstić information content (AvgIpc) is 2.61. The molecule has 2 rings (SSSR count). The van der Waals surface area contributed by atoms with Gasteiger partial charge < -0.3 is 10.1 Å². The molecule has 6 nitrogen and oxygen atoms in total. The third-order valence-electron chi connectivity index (χ3n) is 3.58. The monoisotopic (exact) mass is 340 g/mol. The smallest absolute Gasteiger partial charge is 0.407 e. The van der Waals surface area contributed by atoms with Gasteiger partial charge in [-0.2, -0.15) is 0 Å². The highest BCUT2D eigenvalue weighted by Gasteiger charge is 2.12. The number of rotatable bonds is 7. The second kappa shape index (κ2) is 9.22. The zero-order valence-corrected chi connectivity index (χ0v) is 14.0. The van der Waals surface area contributed by atoms with E-state index in [4.69, 9.17) is 4.74 Å². The summed E-state index contributed by atoms with van der Waals surface area (Å²) in [6.45, 7) is 2.44. The lowest BCUT2D eigenvalue weighted by Gasteiger charge is -2.06. The largest absolute Gasteiger partial charge is 0.445 e. The maximum Gasteiger partial charge on any atom is 0.407 e. The number of hydrogen-bond acceptors (Lipinski definition) is 4. The summed E-state index contributed by atoms with van der Waals surface area (Å²) in [5.74, 6) is 0. The molecule has 0 unspecified atom stereocenters. The average molecular weight is 340 g/mol. The number of hydrogen-bond donors (Lipinski definition) is 1. The van der Waals surface area contributed by atoms with Crippen molar-refractivity contribution in [1.82, 2.24) is 5.32 Å². The summed E-state index contributed by atoms with van der Waals surface area (Å²) in [5, 5.41) is 13.7. The third kappa shape index (κ3) is 5.76. The van der Waals surface area contributed by atoms with E-state index in [9.17, 15) is 14.9 Å². The van der Waals surface area contributed by atoms with Crippen LogP contribution in [0, 0.1) is 17.0 Å². The minimum absolute atomic E-state index is 0.0754. The van der Waals surface area contributed by atoms with E-state index in [0.717, 1.165) is 11.1 Å². The molecular weight excluding hydrogens is 320 g/mol. The van der Waals surface area contributed by atoms with Crippen LogP contribution in [0.5, 0.6) is 0 Å². The predicted octanol–water partition coefficient (Wildman–Crippen LogP) is 4.23. The number of nitro groups is 1.